The van der Waals surface area contributed by atoms with Gasteiger partial charge in [0.25, 0.3) is 0 Å². The molecule has 0 aliphatic heterocycles. The molecule has 0 aliphatic rings. The number of carboxylic acid groups (broad SMARTS) is 1. The van der Waals surface area contributed by atoms with E-state index in [1.807, 2.05) is 13.0 Å². The molecule has 0 saturated heterocycles. The molecule has 14 heavy (non-hydrogen) atoms. The van der Waals surface area contributed by atoms with Crippen LogP contribution in [0.25, 0.3) is 0 Å². The molecule has 1 rings (SSSR count). The Bertz CT molecular complexity index is 339. The van der Waals surface area contributed by atoms with Gasteiger partial charge >= 0.3 is 5.97 Å². The molecule has 4 heteroatoms. The molecule has 0 spiro atoms. The molecule has 1 aromatic rings. The molecule has 0 saturated carbocycles. The first-order chi connectivity index (χ1) is 6.65. The molecule has 0 radical (unpaired) electrons. The molecule has 3 nitrogen and oxygen atoms in total. The van der Waals surface area contributed by atoms with E-state index in [-0.39, 0.29) is 0 Å². The lowest BCUT2D eigenvalue weighted by molar-refractivity contribution is 0.0696. The smallest absolute Gasteiger partial charge is 0.336 e. The summed E-state index contributed by atoms with van der Waals surface area (Å²) >= 11 is 3.20. The maximum atomic E-state index is 10.8. The number of halogens is 1. The van der Waals surface area contributed by atoms with Crippen molar-refractivity contribution in [3.05, 3.63) is 33.8 Å². The summed E-state index contributed by atoms with van der Waals surface area (Å²) in [6.45, 7) is 3.58. The van der Waals surface area contributed by atoms with Gasteiger partial charge in [-0.3, -0.25) is 0 Å². The standard InChI is InChI=1S/C10H12BrNO2/c1-2-12-6-7-3-4-9(11)8(5-7)10(13)14/h3-5,12H,2,6H2,1H3,(H,13,14). The number of aromatic carboxylic acids is 1. The Morgan fingerprint density at radius 3 is 2.86 bits per heavy atom. The highest BCUT2D eigenvalue weighted by atomic mass is 79.9. The summed E-state index contributed by atoms with van der Waals surface area (Å²) in [6.07, 6.45) is 0. The van der Waals surface area contributed by atoms with Crippen molar-refractivity contribution < 1.29 is 9.90 Å². The third kappa shape index (κ3) is 2.82. The number of hydrogen-bond donors (Lipinski definition) is 2. The molecule has 76 valence electrons. The zero-order chi connectivity index (χ0) is 10.6. The van der Waals surface area contributed by atoms with Gasteiger partial charge in [-0.05, 0) is 40.2 Å². The minimum atomic E-state index is -0.907. The lowest BCUT2D eigenvalue weighted by Crippen LogP contribution is -2.12. The fraction of sp³-hybridized carbons (Fsp3) is 0.300. The van der Waals surface area contributed by atoms with Crippen molar-refractivity contribution in [2.45, 2.75) is 13.5 Å². The van der Waals surface area contributed by atoms with E-state index >= 15 is 0 Å². The van der Waals surface area contributed by atoms with Crippen LogP contribution in [0.5, 0.6) is 0 Å². The van der Waals surface area contributed by atoms with E-state index in [2.05, 4.69) is 21.2 Å². The molecule has 0 atom stereocenters. The van der Waals surface area contributed by atoms with Crippen molar-refractivity contribution in [2.24, 2.45) is 0 Å². The molecule has 0 heterocycles. The molecule has 0 aromatic heterocycles. The third-order valence-electron chi connectivity index (χ3n) is 1.84. The minimum Gasteiger partial charge on any atom is -0.478 e. The van der Waals surface area contributed by atoms with E-state index in [9.17, 15) is 4.79 Å². The number of rotatable bonds is 4. The number of nitrogens with one attached hydrogen (secondary N) is 1. The van der Waals surface area contributed by atoms with Gasteiger partial charge in [-0.2, -0.15) is 0 Å². The third-order valence-corrected chi connectivity index (χ3v) is 2.53. The van der Waals surface area contributed by atoms with Gasteiger partial charge in [0.1, 0.15) is 0 Å². The van der Waals surface area contributed by atoms with E-state index in [0.717, 1.165) is 12.1 Å². The molecule has 0 unspecified atom stereocenters. The van der Waals surface area contributed by atoms with Gasteiger partial charge in [-0.15, -0.1) is 0 Å². The van der Waals surface area contributed by atoms with Crippen molar-refractivity contribution in [2.75, 3.05) is 6.54 Å². The van der Waals surface area contributed by atoms with E-state index in [1.165, 1.54) is 0 Å². The minimum absolute atomic E-state index is 0.306. The van der Waals surface area contributed by atoms with E-state index < -0.39 is 5.97 Å². The van der Waals surface area contributed by atoms with Crippen LogP contribution in [-0.4, -0.2) is 17.6 Å². The van der Waals surface area contributed by atoms with Crippen LogP contribution in [0, 0.1) is 0 Å². The van der Waals surface area contributed by atoms with Gasteiger partial charge in [-0.1, -0.05) is 13.0 Å². The van der Waals surface area contributed by atoms with Gasteiger partial charge in [0, 0.05) is 11.0 Å². The first-order valence-electron chi connectivity index (χ1n) is 4.37. The van der Waals surface area contributed by atoms with Gasteiger partial charge in [0.15, 0.2) is 0 Å². The van der Waals surface area contributed by atoms with E-state index in [0.29, 0.717) is 16.6 Å². The van der Waals surface area contributed by atoms with Crippen LogP contribution >= 0.6 is 15.9 Å². The predicted molar refractivity (Wildman–Crippen MR) is 58.5 cm³/mol. The van der Waals surface area contributed by atoms with E-state index in [4.69, 9.17) is 5.11 Å². The zero-order valence-corrected chi connectivity index (χ0v) is 9.47. The molecular formula is C10H12BrNO2. The Morgan fingerprint density at radius 1 is 1.57 bits per heavy atom. The van der Waals surface area contributed by atoms with Crippen LogP contribution < -0.4 is 5.32 Å². The zero-order valence-electron chi connectivity index (χ0n) is 7.88. The Morgan fingerprint density at radius 2 is 2.29 bits per heavy atom. The molecule has 0 fully saturated rings. The highest BCUT2D eigenvalue weighted by molar-refractivity contribution is 9.10. The quantitative estimate of drug-likeness (QED) is 0.870. The highest BCUT2D eigenvalue weighted by Crippen LogP contribution is 2.18. The fourth-order valence-corrected chi connectivity index (χ4v) is 1.53. The molecule has 0 aliphatic carbocycles. The normalized spacial score (nSPS) is 10.1. The lowest BCUT2D eigenvalue weighted by Gasteiger charge is -2.04. The Labute approximate surface area is 91.3 Å². The van der Waals surface area contributed by atoms with Crippen molar-refractivity contribution in [3.63, 3.8) is 0 Å². The second-order valence-electron chi connectivity index (χ2n) is 2.90. The first kappa shape index (κ1) is 11.2. The SMILES string of the molecule is CCNCc1ccc(Br)c(C(=O)O)c1. The Balaban J connectivity index is 2.89. The van der Waals surface area contributed by atoms with Crippen LogP contribution in [-0.2, 0) is 6.54 Å². The summed E-state index contributed by atoms with van der Waals surface area (Å²) in [6, 6.07) is 5.34. The number of hydrogen-bond acceptors (Lipinski definition) is 2. The van der Waals surface area contributed by atoms with Crippen LogP contribution in [0.4, 0.5) is 0 Å². The van der Waals surface area contributed by atoms with Gasteiger partial charge in [-0.25, -0.2) is 4.79 Å². The second-order valence-corrected chi connectivity index (χ2v) is 3.75. The van der Waals surface area contributed by atoms with E-state index in [1.54, 1.807) is 12.1 Å². The van der Waals surface area contributed by atoms with Crippen molar-refractivity contribution in [1.29, 1.82) is 0 Å². The molecule has 0 bridgehead atoms. The first-order valence-corrected chi connectivity index (χ1v) is 5.17. The number of carboxylic acids is 1. The summed E-state index contributed by atoms with van der Waals surface area (Å²) in [5.41, 5.74) is 1.29. The van der Waals surface area contributed by atoms with Crippen LogP contribution in [0.2, 0.25) is 0 Å². The van der Waals surface area contributed by atoms with Crippen molar-refractivity contribution in [3.8, 4) is 0 Å². The average Bonchev–Trinajstić information content (AvgIpc) is 2.16. The van der Waals surface area contributed by atoms with Crippen LogP contribution in [0.15, 0.2) is 22.7 Å². The summed E-state index contributed by atoms with van der Waals surface area (Å²) < 4.78 is 0.616. The number of benzene rings is 1. The largest absolute Gasteiger partial charge is 0.478 e. The van der Waals surface area contributed by atoms with Crippen molar-refractivity contribution in [1.82, 2.24) is 5.32 Å². The molecular weight excluding hydrogens is 246 g/mol. The molecule has 1 aromatic carbocycles. The lowest BCUT2D eigenvalue weighted by atomic mass is 10.1. The fourth-order valence-electron chi connectivity index (χ4n) is 1.12. The Kier molecular flexibility index (Phi) is 4.10. The van der Waals surface area contributed by atoms with Gasteiger partial charge < -0.3 is 10.4 Å². The Hall–Kier alpha value is -0.870. The second kappa shape index (κ2) is 5.12. The average molecular weight is 258 g/mol. The summed E-state index contributed by atoms with van der Waals surface area (Å²) in [5.74, 6) is -0.907. The number of carbonyl (C=O) groups is 1. The predicted octanol–water partition coefficient (Wildman–Crippen LogP) is 2.26. The van der Waals surface area contributed by atoms with Crippen molar-refractivity contribution >= 4 is 21.9 Å². The summed E-state index contributed by atoms with van der Waals surface area (Å²) in [7, 11) is 0. The molecule has 0 amide bonds. The molecule has 2 N–H and O–H groups in total. The maximum Gasteiger partial charge on any atom is 0.336 e. The topological polar surface area (TPSA) is 49.3 Å². The van der Waals surface area contributed by atoms with Crippen LogP contribution in [0.3, 0.4) is 0 Å². The van der Waals surface area contributed by atoms with Gasteiger partial charge in [0.05, 0.1) is 5.56 Å². The maximum absolute atomic E-state index is 10.8. The summed E-state index contributed by atoms with van der Waals surface area (Å²) in [5, 5.41) is 12.0. The highest BCUT2D eigenvalue weighted by Gasteiger charge is 2.08. The monoisotopic (exact) mass is 257 g/mol. The van der Waals surface area contributed by atoms with Gasteiger partial charge in [0.2, 0.25) is 0 Å². The summed E-state index contributed by atoms with van der Waals surface area (Å²) in [4.78, 5) is 10.8. The van der Waals surface area contributed by atoms with Crippen LogP contribution in [0.1, 0.15) is 22.8 Å².